The third kappa shape index (κ3) is 7.74. The Hall–Kier alpha value is -2.27. The molecular weight excluding hydrogens is 444 g/mol. The second kappa shape index (κ2) is 12.1. The summed E-state index contributed by atoms with van der Waals surface area (Å²) in [5.74, 6) is 3.68. The van der Waals surface area contributed by atoms with E-state index in [1.54, 1.807) is 19.2 Å². The molecule has 0 amide bonds. The minimum absolute atomic E-state index is 0. The van der Waals surface area contributed by atoms with E-state index in [0.717, 1.165) is 24.3 Å². The first-order valence-electron chi connectivity index (χ1n) is 8.05. The van der Waals surface area contributed by atoms with Gasteiger partial charge in [0.15, 0.2) is 5.96 Å². The number of rotatable bonds is 7. The number of aliphatic imine (C=N–C) groups is 1. The molecule has 26 heavy (non-hydrogen) atoms. The van der Waals surface area contributed by atoms with Crippen molar-refractivity contribution in [2.75, 3.05) is 20.2 Å². The first kappa shape index (κ1) is 21.8. The number of benzene rings is 2. The molecule has 0 aliphatic carbocycles. The molecule has 0 saturated heterocycles. The maximum Gasteiger partial charge on any atom is 0.191 e. The SMILES string of the molecule is C#CCOc1ccc(CCNC(=NC)NCc2ccc(F)cc2)cc1.I. The second-order valence-electron chi connectivity index (χ2n) is 5.37. The Balaban J connectivity index is 0.00000338. The van der Waals surface area contributed by atoms with Crippen molar-refractivity contribution in [3.8, 4) is 18.1 Å². The summed E-state index contributed by atoms with van der Waals surface area (Å²) < 4.78 is 18.2. The molecule has 0 saturated carbocycles. The molecular formula is C20H23FIN3O. The Labute approximate surface area is 171 Å². The lowest BCUT2D eigenvalue weighted by Crippen LogP contribution is -2.37. The van der Waals surface area contributed by atoms with Gasteiger partial charge in [0.25, 0.3) is 0 Å². The van der Waals surface area contributed by atoms with Crippen molar-refractivity contribution < 1.29 is 9.13 Å². The van der Waals surface area contributed by atoms with E-state index in [0.29, 0.717) is 12.5 Å². The fourth-order valence-corrected chi connectivity index (χ4v) is 2.21. The van der Waals surface area contributed by atoms with Gasteiger partial charge >= 0.3 is 0 Å². The van der Waals surface area contributed by atoms with E-state index in [1.165, 1.54) is 17.7 Å². The van der Waals surface area contributed by atoms with E-state index in [1.807, 2.05) is 24.3 Å². The van der Waals surface area contributed by atoms with Crippen LogP contribution in [0.25, 0.3) is 0 Å². The highest BCUT2D eigenvalue weighted by atomic mass is 127. The van der Waals surface area contributed by atoms with E-state index in [9.17, 15) is 4.39 Å². The lowest BCUT2D eigenvalue weighted by Gasteiger charge is -2.12. The second-order valence-corrected chi connectivity index (χ2v) is 5.37. The summed E-state index contributed by atoms with van der Waals surface area (Å²) in [6, 6.07) is 14.3. The summed E-state index contributed by atoms with van der Waals surface area (Å²) in [5, 5.41) is 6.46. The standard InChI is InChI=1S/C20H22FN3O.HI/c1-3-14-25-19-10-6-16(7-11-19)12-13-23-20(22-2)24-15-17-4-8-18(21)9-5-17;/h1,4-11H,12-15H2,2H3,(H2,22,23,24);1H. The van der Waals surface area contributed by atoms with Crippen LogP contribution in [-0.4, -0.2) is 26.2 Å². The highest BCUT2D eigenvalue weighted by Gasteiger charge is 2.00. The van der Waals surface area contributed by atoms with Gasteiger partial charge in [-0.05, 0) is 41.8 Å². The van der Waals surface area contributed by atoms with Crippen molar-refractivity contribution in [3.63, 3.8) is 0 Å². The lowest BCUT2D eigenvalue weighted by molar-refractivity contribution is 0.370. The Bertz CT molecular complexity index is 724. The normalized spacial score (nSPS) is 10.4. The predicted molar refractivity (Wildman–Crippen MR) is 114 cm³/mol. The molecule has 2 aromatic carbocycles. The van der Waals surface area contributed by atoms with Crippen molar-refractivity contribution >= 4 is 29.9 Å². The van der Waals surface area contributed by atoms with Gasteiger partial charge in [0.2, 0.25) is 0 Å². The molecule has 2 aromatic rings. The van der Waals surface area contributed by atoms with E-state index in [-0.39, 0.29) is 36.4 Å². The zero-order valence-corrected chi connectivity index (χ0v) is 17.0. The molecule has 6 heteroatoms. The molecule has 4 nitrogen and oxygen atoms in total. The monoisotopic (exact) mass is 467 g/mol. The van der Waals surface area contributed by atoms with E-state index in [2.05, 4.69) is 21.5 Å². The molecule has 0 aliphatic heterocycles. The number of hydrogen-bond donors (Lipinski definition) is 2. The first-order chi connectivity index (χ1) is 12.2. The quantitative estimate of drug-likeness (QED) is 0.284. The summed E-state index contributed by atoms with van der Waals surface area (Å²) in [4.78, 5) is 4.18. The molecule has 138 valence electrons. The molecule has 2 N–H and O–H groups in total. The van der Waals surface area contributed by atoms with Gasteiger partial charge in [-0.1, -0.05) is 30.2 Å². The van der Waals surface area contributed by atoms with Crippen molar-refractivity contribution in [1.82, 2.24) is 10.6 Å². The Morgan fingerprint density at radius 1 is 1.08 bits per heavy atom. The number of guanidine groups is 1. The summed E-state index contributed by atoms with van der Waals surface area (Å²) in [5.41, 5.74) is 2.18. The van der Waals surface area contributed by atoms with Crippen LogP contribution >= 0.6 is 24.0 Å². The van der Waals surface area contributed by atoms with Crippen LogP contribution in [0, 0.1) is 18.2 Å². The first-order valence-corrected chi connectivity index (χ1v) is 8.05. The Morgan fingerprint density at radius 3 is 2.35 bits per heavy atom. The maximum absolute atomic E-state index is 12.9. The van der Waals surface area contributed by atoms with E-state index in [4.69, 9.17) is 11.2 Å². The zero-order valence-electron chi connectivity index (χ0n) is 14.7. The minimum atomic E-state index is -0.234. The molecule has 0 aromatic heterocycles. The topological polar surface area (TPSA) is 45.6 Å². The number of nitrogens with zero attached hydrogens (tertiary/aromatic N) is 1. The average Bonchev–Trinajstić information content (AvgIpc) is 2.65. The summed E-state index contributed by atoms with van der Waals surface area (Å²) in [7, 11) is 1.72. The van der Waals surface area contributed by atoms with Crippen LogP contribution in [0.1, 0.15) is 11.1 Å². The molecule has 2 rings (SSSR count). The number of halogens is 2. The van der Waals surface area contributed by atoms with Gasteiger partial charge < -0.3 is 15.4 Å². The maximum atomic E-state index is 12.9. The Kier molecular flexibility index (Phi) is 10.2. The molecule has 0 atom stereocenters. The van der Waals surface area contributed by atoms with Crippen LogP contribution in [0.2, 0.25) is 0 Å². The van der Waals surface area contributed by atoms with Crippen LogP contribution in [0.3, 0.4) is 0 Å². The third-order valence-electron chi connectivity index (χ3n) is 3.55. The van der Waals surface area contributed by atoms with Crippen molar-refractivity contribution in [3.05, 3.63) is 65.5 Å². The average molecular weight is 467 g/mol. The number of ether oxygens (including phenoxy) is 1. The molecule has 0 unspecified atom stereocenters. The number of hydrogen-bond acceptors (Lipinski definition) is 2. The zero-order chi connectivity index (χ0) is 17.9. The summed E-state index contributed by atoms with van der Waals surface area (Å²) >= 11 is 0. The number of nitrogens with one attached hydrogen (secondary N) is 2. The molecule has 0 bridgehead atoms. The molecule has 0 heterocycles. The van der Waals surface area contributed by atoms with Gasteiger partial charge in [-0.2, -0.15) is 0 Å². The smallest absolute Gasteiger partial charge is 0.191 e. The Morgan fingerprint density at radius 2 is 1.73 bits per heavy atom. The van der Waals surface area contributed by atoms with Crippen LogP contribution < -0.4 is 15.4 Å². The largest absolute Gasteiger partial charge is 0.481 e. The van der Waals surface area contributed by atoms with Gasteiger partial charge in [-0.25, -0.2) is 4.39 Å². The van der Waals surface area contributed by atoms with Crippen LogP contribution in [0.5, 0.6) is 5.75 Å². The van der Waals surface area contributed by atoms with E-state index >= 15 is 0 Å². The van der Waals surface area contributed by atoms with Gasteiger partial charge in [0.05, 0.1) is 0 Å². The number of terminal acetylenes is 1. The lowest BCUT2D eigenvalue weighted by atomic mass is 10.1. The fraction of sp³-hybridized carbons (Fsp3) is 0.250. The summed E-state index contributed by atoms with van der Waals surface area (Å²) in [6.07, 6.45) is 6.02. The molecule has 0 spiro atoms. The third-order valence-corrected chi connectivity index (χ3v) is 3.55. The summed E-state index contributed by atoms with van der Waals surface area (Å²) in [6.45, 7) is 1.60. The van der Waals surface area contributed by atoms with Crippen molar-refractivity contribution in [2.45, 2.75) is 13.0 Å². The minimum Gasteiger partial charge on any atom is -0.481 e. The van der Waals surface area contributed by atoms with Crippen LogP contribution in [-0.2, 0) is 13.0 Å². The van der Waals surface area contributed by atoms with Gasteiger partial charge in [-0.3, -0.25) is 4.99 Å². The molecule has 0 fully saturated rings. The van der Waals surface area contributed by atoms with Crippen LogP contribution in [0.4, 0.5) is 4.39 Å². The van der Waals surface area contributed by atoms with Gasteiger partial charge in [-0.15, -0.1) is 30.4 Å². The van der Waals surface area contributed by atoms with Gasteiger partial charge in [0.1, 0.15) is 18.2 Å². The van der Waals surface area contributed by atoms with Crippen molar-refractivity contribution in [1.29, 1.82) is 0 Å². The predicted octanol–water partition coefficient (Wildman–Crippen LogP) is 3.36. The highest BCUT2D eigenvalue weighted by Crippen LogP contribution is 2.12. The fourth-order valence-electron chi connectivity index (χ4n) is 2.21. The van der Waals surface area contributed by atoms with E-state index < -0.39 is 0 Å². The molecule has 0 radical (unpaired) electrons. The molecule has 0 aliphatic rings. The van der Waals surface area contributed by atoms with Crippen molar-refractivity contribution in [2.24, 2.45) is 4.99 Å². The van der Waals surface area contributed by atoms with Gasteiger partial charge in [0, 0.05) is 20.1 Å². The van der Waals surface area contributed by atoms with Crippen LogP contribution in [0.15, 0.2) is 53.5 Å². The highest BCUT2D eigenvalue weighted by molar-refractivity contribution is 14.0.